The number of nitrogens with zero attached hydrogens (tertiary/aromatic N) is 2. The predicted molar refractivity (Wildman–Crippen MR) is 102 cm³/mol. The molecule has 4 amide bonds. The Morgan fingerprint density at radius 1 is 1.18 bits per heavy atom. The Bertz CT molecular complexity index is 595. The molecule has 0 bridgehead atoms. The van der Waals surface area contributed by atoms with Gasteiger partial charge in [-0.25, -0.2) is 5.06 Å². The smallest absolute Gasteiger partial charge is 0.249 e. The van der Waals surface area contributed by atoms with Gasteiger partial charge < -0.3 is 4.90 Å². The normalized spacial score (nSPS) is 21.4. The highest BCUT2D eigenvalue weighted by atomic mass is 16.5. The van der Waals surface area contributed by atoms with E-state index in [1.165, 1.54) is 4.90 Å². The fraction of sp³-hybridized carbons (Fsp3) is 0.800. The fourth-order valence-corrected chi connectivity index (χ4v) is 4.09. The van der Waals surface area contributed by atoms with Crippen LogP contribution < -0.4 is 5.32 Å². The van der Waals surface area contributed by atoms with Crippen molar-refractivity contribution in [1.82, 2.24) is 15.3 Å². The number of rotatable bonds is 7. The van der Waals surface area contributed by atoms with Crippen LogP contribution in [0.3, 0.4) is 0 Å². The molecule has 2 fully saturated rings. The summed E-state index contributed by atoms with van der Waals surface area (Å²) in [4.78, 5) is 50.3. The average Bonchev–Trinajstić information content (AvgIpc) is 3.31. The number of nitrogens with one attached hydrogen (secondary N) is 1. The summed E-state index contributed by atoms with van der Waals surface area (Å²) >= 11 is 0. The molecular formula is C20H33N3O5. The van der Waals surface area contributed by atoms with E-state index in [9.17, 15) is 24.4 Å². The standard InChI is InChI=1S/C20H33N3O5/c1-20(2,3)19(27)21-17(25)16-9-6-10-23(16)18(26)15(12-22(28)13-24)11-14-7-4-5-8-14/h13-16,28H,4-12H2,1-3H3,(H,21,25,27)/t15-,16+/m1/s1. The van der Waals surface area contributed by atoms with E-state index >= 15 is 0 Å². The number of carbonyl (C=O) groups is 4. The topological polar surface area (TPSA) is 107 Å². The van der Waals surface area contributed by atoms with Gasteiger partial charge in [0.1, 0.15) is 6.04 Å². The van der Waals surface area contributed by atoms with E-state index in [1.54, 1.807) is 20.8 Å². The molecular weight excluding hydrogens is 362 g/mol. The molecule has 0 aromatic carbocycles. The Kier molecular flexibility index (Phi) is 7.57. The van der Waals surface area contributed by atoms with Gasteiger partial charge in [-0.1, -0.05) is 46.5 Å². The Morgan fingerprint density at radius 2 is 1.82 bits per heavy atom. The van der Waals surface area contributed by atoms with Crippen LogP contribution >= 0.6 is 0 Å². The Hall–Kier alpha value is -1.96. The van der Waals surface area contributed by atoms with E-state index in [0.717, 1.165) is 25.7 Å². The highest BCUT2D eigenvalue weighted by Crippen LogP contribution is 2.32. The Morgan fingerprint density at radius 3 is 2.39 bits per heavy atom. The zero-order valence-electron chi connectivity index (χ0n) is 17.1. The second kappa shape index (κ2) is 9.49. The predicted octanol–water partition coefficient (Wildman–Crippen LogP) is 1.71. The molecule has 0 radical (unpaired) electrons. The van der Waals surface area contributed by atoms with Crippen molar-refractivity contribution in [3.8, 4) is 0 Å². The Balaban J connectivity index is 2.08. The number of amides is 4. The van der Waals surface area contributed by atoms with Crippen LogP contribution in [0.25, 0.3) is 0 Å². The molecule has 2 aliphatic rings. The molecule has 1 aliphatic heterocycles. The molecule has 1 saturated carbocycles. The van der Waals surface area contributed by atoms with Crippen LogP contribution in [0.1, 0.15) is 65.7 Å². The number of likely N-dealkylation sites (tertiary alicyclic amines) is 1. The maximum absolute atomic E-state index is 13.2. The van der Waals surface area contributed by atoms with E-state index in [0.29, 0.717) is 43.2 Å². The van der Waals surface area contributed by atoms with E-state index in [-0.39, 0.29) is 18.4 Å². The van der Waals surface area contributed by atoms with Crippen molar-refractivity contribution in [2.75, 3.05) is 13.1 Å². The van der Waals surface area contributed by atoms with Gasteiger partial charge in [0.15, 0.2) is 0 Å². The van der Waals surface area contributed by atoms with Crippen LogP contribution in [0, 0.1) is 17.3 Å². The molecule has 0 aromatic rings. The zero-order chi connectivity index (χ0) is 20.9. The minimum Gasteiger partial charge on any atom is -0.330 e. The number of hydroxylamine groups is 2. The average molecular weight is 396 g/mol. The van der Waals surface area contributed by atoms with Gasteiger partial charge in [-0.05, 0) is 25.2 Å². The fourth-order valence-electron chi connectivity index (χ4n) is 4.09. The molecule has 1 aliphatic carbocycles. The van der Waals surface area contributed by atoms with Crippen LogP contribution in [0.2, 0.25) is 0 Å². The highest BCUT2D eigenvalue weighted by molar-refractivity contribution is 6.01. The van der Waals surface area contributed by atoms with Crippen LogP contribution in [-0.4, -0.2) is 58.4 Å². The second-order valence-corrected chi connectivity index (χ2v) is 9.07. The lowest BCUT2D eigenvalue weighted by Crippen LogP contribution is -2.52. The third-order valence-electron chi connectivity index (χ3n) is 5.73. The summed E-state index contributed by atoms with van der Waals surface area (Å²) < 4.78 is 0. The SMILES string of the molecule is CC(C)(C)C(=O)NC(=O)[C@@H]1CCCN1C(=O)[C@H](CC1CCCC1)CN(O)C=O. The van der Waals surface area contributed by atoms with E-state index in [1.807, 2.05) is 0 Å². The van der Waals surface area contributed by atoms with E-state index < -0.39 is 23.3 Å². The molecule has 1 heterocycles. The monoisotopic (exact) mass is 395 g/mol. The summed E-state index contributed by atoms with van der Waals surface area (Å²) in [6.07, 6.45) is 6.42. The van der Waals surface area contributed by atoms with Crippen molar-refractivity contribution in [3.63, 3.8) is 0 Å². The molecule has 28 heavy (non-hydrogen) atoms. The summed E-state index contributed by atoms with van der Waals surface area (Å²) in [6, 6.07) is -0.687. The molecule has 8 nitrogen and oxygen atoms in total. The molecule has 1 saturated heterocycles. The highest BCUT2D eigenvalue weighted by Gasteiger charge is 2.39. The second-order valence-electron chi connectivity index (χ2n) is 9.07. The first-order valence-electron chi connectivity index (χ1n) is 10.2. The summed E-state index contributed by atoms with van der Waals surface area (Å²) in [7, 11) is 0. The lowest BCUT2D eigenvalue weighted by molar-refractivity contribution is -0.158. The van der Waals surface area contributed by atoms with E-state index in [4.69, 9.17) is 0 Å². The summed E-state index contributed by atoms with van der Waals surface area (Å²) in [5.41, 5.74) is -0.699. The molecule has 8 heteroatoms. The first kappa shape index (κ1) is 22.3. The largest absolute Gasteiger partial charge is 0.330 e. The van der Waals surface area contributed by atoms with Crippen molar-refractivity contribution < 1.29 is 24.4 Å². The van der Waals surface area contributed by atoms with Gasteiger partial charge in [0.05, 0.1) is 12.5 Å². The van der Waals surface area contributed by atoms with Crippen molar-refractivity contribution in [1.29, 1.82) is 0 Å². The van der Waals surface area contributed by atoms with Gasteiger partial charge in [0.25, 0.3) is 0 Å². The molecule has 0 unspecified atom stereocenters. The lowest BCUT2D eigenvalue weighted by atomic mass is 9.91. The van der Waals surface area contributed by atoms with Gasteiger partial charge in [-0.3, -0.25) is 29.7 Å². The van der Waals surface area contributed by atoms with Gasteiger partial charge in [-0.2, -0.15) is 0 Å². The number of hydrogen-bond donors (Lipinski definition) is 2. The molecule has 2 atom stereocenters. The van der Waals surface area contributed by atoms with Gasteiger partial charge in [0.2, 0.25) is 24.1 Å². The maximum Gasteiger partial charge on any atom is 0.249 e. The third kappa shape index (κ3) is 5.77. The minimum absolute atomic E-state index is 0.0788. The minimum atomic E-state index is -0.699. The quantitative estimate of drug-likeness (QED) is 0.388. The van der Waals surface area contributed by atoms with Crippen molar-refractivity contribution in [3.05, 3.63) is 0 Å². The molecule has 158 valence electrons. The van der Waals surface area contributed by atoms with E-state index in [2.05, 4.69) is 5.32 Å². The maximum atomic E-state index is 13.2. The first-order valence-corrected chi connectivity index (χ1v) is 10.2. The summed E-state index contributed by atoms with van der Waals surface area (Å²) in [6.45, 7) is 5.53. The van der Waals surface area contributed by atoms with Crippen molar-refractivity contribution in [2.24, 2.45) is 17.3 Å². The molecule has 2 N–H and O–H groups in total. The zero-order valence-corrected chi connectivity index (χ0v) is 17.1. The van der Waals surface area contributed by atoms with Crippen LogP contribution in [-0.2, 0) is 19.2 Å². The molecule has 0 spiro atoms. The van der Waals surface area contributed by atoms with Crippen molar-refractivity contribution in [2.45, 2.75) is 71.8 Å². The lowest BCUT2D eigenvalue weighted by Gasteiger charge is -2.30. The number of hydrogen-bond acceptors (Lipinski definition) is 5. The van der Waals surface area contributed by atoms with Gasteiger partial charge in [0, 0.05) is 12.0 Å². The van der Waals surface area contributed by atoms with Gasteiger partial charge in [-0.15, -0.1) is 0 Å². The Labute approximate surface area is 166 Å². The summed E-state index contributed by atoms with van der Waals surface area (Å²) in [5.74, 6) is -1.21. The first-order chi connectivity index (χ1) is 13.1. The number of carbonyl (C=O) groups excluding carboxylic acids is 4. The number of imide groups is 1. The van der Waals surface area contributed by atoms with Crippen LogP contribution in [0.15, 0.2) is 0 Å². The van der Waals surface area contributed by atoms with Crippen LogP contribution in [0.4, 0.5) is 0 Å². The molecule has 0 aromatic heterocycles. The third-order valence-corrected chi connectivity index (χ3v) is 5.73. The van der Waals surface area contributed by atoms with Crippen molar-refractivity contribution >= 4 is 24.1 Å². The van der Waals surface area contributed by atoms with Gasteiger partial charge >= 0.3 is 0 Å². The summed E-state index contributed by atoms with van der Waals surface area (Å²) in [5, 5.41) is 12.6. The molecule has 2 rings (SSSR count). The van der Waals surface area contributed by atoms with Crippen LogP contribution in [0.5, 0.6) is 0 Å².